The predicted octanol–water partition coefficient (Wildman–Crippen LogP) is 1.63. The molecule has 88 valence electrons. The van der Waals surface area contributed by atoms with Gasteiger partial charge in [0.05, 0.1) is 12.7 Å². The Hall–Kier alpha value is -1.03. The van der Waals surface area contributed by atoms with Crippen molar-refractivity contribution in [1.82, 2.24) is 0 Å². The van der Waals surface area contributed by atoms with Crippen LogP contribution in [0.5, 0.6) is 0 Å². The van der Waals surface area contributed by atoms with Crippen molar-refractivity contribution in [2.75, 3.05) is 13.2 Å². The molecule has 0 rings (SSSR count). The molecule has 0 bridgehead atoms. The largest absolute Gasteiger partial charge is 0.484 e. The van der Waals surface area contributed by atoms with Crippen LogP contribution in [0.4, 0.5) is 0 Å². The van der Waals surface area contributed by atoms with E-state index in [1.54, 1.807) is 13.8 Å². The molecule has 0 aromatic rings. The fourth-order valence-corrected chi connectivity index (χ4v) is 0.851. The van der Waals surface area contributed by atoms with Gasteiger partial charge in [-0.05, 0) is 26.3 Å². The summed E-state index contributed by atoms with van der Waals surface area (Å²) in [6.45, 7) is 5.82. The molecule has 0 aliphatic carbocycles. The quantitative estimate of drug-likeness (QED) is 0.304. The highest BCUT2D eigenvalue weighted by Gasteiger charge is 2.11. The second-order valence-electron chi connectivity index (χ2n) is 3.30. The Morgan fingerprint density at radius 3 is 2.60 bits per heavy atom. The first-order chi connectivity index (χ1) is 7.11. The van der Waals surface area contributed by atoms with Gasteiger partial charge >= 0.3 is 5.97 Å². The molecule has 0 saturated carbocycles. The fraction of sp³-hybridized carbons (Fsp3) is 0.727. The van der Waals surface area contributed by atoms with Crippen molar-refractivity contribution < 1.29 is 19.4 Å². The van der Waals surface area contributed by atoms with Crippen LogP contribution in [0.3, 0.4) is 0 Å². The molecule has 0 radical (unpaired) electrons. The summed E-state index contributed by atoms with van der Waals surface area (Å²) in [4.78, 5) is 11.4. The molecule has 0 aliphatic rings. The Morgan fingerprint density at radius 2 is 2.13 bits per heavy atom. The Kier molecular flexibility index (Phi) is 7.72. The molecule has 0 saturated heterocycles. The van der Waals surface area contributed by atoms with Gasteiger partial charge < -0.3 is 14.6 Å². The molecule has 1 atom stereocenters. The van der Waals surface area contributed by atoms with Crippen LogP contribution in [0.15, 0.2) is 11.8 Å². The van der Waals surface area contributed by atoms with E-state index < -0.39 is 12.1 Å². The number of aliphatic hydroxyl groups excluding tert-OH is 1. The van der Waals surface area contributed by atoms with E-state index in [0.29, 0.717) is 6.61 Å². The maximum Gasteiger partial charge on any atom is 0.373 e. The molecule has 0 aliphatic heterocycles. The van der Waals surface area contributed by atoms with Crippen molar-refractivity contribution in [2.45, 2.75) is 39.7 Å². The summed E-state index contributed by atoms with van der Waals surface area (Å²) in [5, 5.41) is 8.99. The first-order valence-corrected chi connectivity index (χ1v) is 5.26. The van der Waals surface area contributed by atoms with Gasteiger partial charge in [-0.2, -0.15) is 0 Å². The third-order valence-corrected chi connectivity index (χ3v) is 1.67. The van der Waals surface area contributed by atoms with Crippen LogP contribution >= 0.6 is 0 Å². The Balaban J connectivity index is 3.90. The number of carbonyl (C=O) groups is 1. The lowest BCUT2D eigenvalue weighted by Gasteiger charge is -2.10. The van der Waals surface area contributed by atoms with Crippen molar-refractivity contribution in [2.24, 2.45) is 0 Å². The van der Waals surface area contributed by atoms with Crippen LogP contribution in [0.25, 0.3) is 0 Å². The Morgan fingerprint density at radius 1 is 1.47 bits per heavy atom. The van der Waals surface area contributed by atoms with E-state index in [1.807, 2.05) is 6.92 Å². The number of esters is 1. The molecule has 0 fully saturated rings. The van der Waals surface area contributed by atoms with Crippen LogP contribution in [0.1, 0.15) is 33.6 Å². The zero-order valence-corrected chi connectivity index (χ0v) is 9.66. The van der Waals surface area contributed by atoms with Gasteiger partial charge in [-0.25, -0.2) is 4.79 Å². The van der Waals surface area contributed by atoms with Gasteiger partial charge in [0.2, 0.25) is 0 Å². The summed E-state index contributed by atoms with van der Waals surface area (Å²) in [6.07, 6.45) is 2.77. The second-order valence-corrected chi connectivity index (χ2v) is 3.30. The smallest absolute Gasteiger partial charge is 0.373 e. The van der Waals surface area contributed by atoms with Crippen LogP contribution in [-0.2, 0) is 14.3 Å². The van der Waals surface area contributed by atoms with E-state index in [0.717, 1.165) is 12.8 Å². The van der Waals surface area contributed by atoms with E-state index in [-0.39, 0.29) is 12.4 Å². The maximum absolute atomic E-state index is 11.4. The van der Waals surface area contributed by atoms with Gasteiger partial charge in [-0.3, -0.25) is 0 Å². The van der Waals surface area contributed by atoms with Crippen LogP contribution in [-0.4, -0.2) is 30.4 Å². The summed E-state index contributed by atoms with van der Waals surface area (Å²) in [5.41, 5.74) is 0. The van der Waals surface area contributed by atoms with Crippen molar-refractivity contribution in [3.8, 4) is 0 Å². The van der Waals surface area contributed by atoms with E-state index >= 15 is 0 Å². The van der Waals surface area contributed by atoms with Crippen molar-refractivity contribution in [1.29, 1.82) is 0 Å². The van der Waals surface area contributed by atoms with E-state index in [2.05, 4.69) is 0 Å². The third-order valence-electron chi connectivity index (χ3n) is 1.67. The van der Waals surface area contributed by atoms with Gasteiger partial charge in [0.1, 0.15) is 6.61 Å². The summed E-state index contributed by atoms with van der Waals surface area (Å²) >= 11 is 0. The van der Waals surface area contributed by atoms with Gasteiger partial charge in [0.25, 0.3) is 0 Å². The fourth-order valence-electron chi connectivity index (χ4n) is 0.851. The highest BCUT2D eigenvalue weighted by molar-refractivity contribution is 5.86. The standard InChI is InChI=1S/C11H20O4/c1-4-6-7-14-11(13)10(5-2)15-8-9(3)12/h5,9,12H,4,6-8H2,1-3H3. The second kappa shape index (κ2) is 8.29. The number of ether oxygens (including phenoxy) is 2. The molecular weight excluding hydrogens is 196 g/mol. The lowest BCUT2D eigenvalue weighted by atomic mass is 10.3. The van der Waals surface area contributed by atoms with Gasteiger partial charge in [-0.15, -0.1) is 0 Å². The zero-order chi connectivity index (χ0) is 11.7. The predicted molar refractivity (Wildman–Crippen MR) is 57.3 cm³/mol. The van der Waals surface area contributed by atoms with Crippen molar-refractivity contribution in [3.05, 3.63) is 11.8 Å². The monoisotopic (exact) mass is 216 g/mol. The molecule has 0 aromatic carbocycles. The third kappa shape index (κ3) is 6.96. The van der Waals surface area contributed by atoms with Crippen molar-refractivity contribution in [3.63, 3.8) is 0 Å². The summed E-state index contributed by atoms with van der Waals surface area (Å²) in [6, 6.07) is 0. The average molecular weight is 216 g/mol. The summed E-state index contributed by atoms with van der Waals surface area (Å²) in [5.74, 6) is -0.307. The first-order valence-electron chi connectivity index (χ1n) is 5.26. The number of allylic oxidation sites excluding steroid dienone is 1. The number of hydrogen-bond acceptors (Lipinski definition) is 4. The van der Waals surface area contributed by atoms with Crippen LogP contribution in [0.2, 0.25) is 0 Å². The first kappa shape index (κ1) is 14.0. The molecule has 0 aromatic heterocycles. The lowest BCUT2D eigenvalue weighted by molar-refractivity contribution is -0.143. The Labute approximate surface area is 90.9 Å². The van der Waals surface area contributed by atoms with Crippen LogP contribution in [0, 0.1) is 0 Å². The number of hydrogen-bond donors (Lipinski definition) is 1. The average Bonchev–Trinajstić information content (AvgIpc) is 2.18. The van der Waals surface area contributed by atoms with Crippen molar-refractivity contribution >= 4 is 5.97 Å². The SMILES string of the molecule is CC=C(OCC(C)O)C(=O)OCCCC. The molecular formula is C11H20O4. The molecule has 0 spiro atoms. The summed E-state index contributed by atoms with van der Waals surface area (Å²) in [7, 11) is 0. The van der Waals surface area contributed by atoms with E-state index in [4.69, 9.17) is 14.6 Å². The molecule has 0 amide bonds. The number of rotatable bonds is 7. The topological polar surface area (TPSA) is 55.8 Å². The zero-order valence-electron chi connectivity index (χ0n) is 9.66. The van der Waals surface area contributed by atoms with E-state index in [1.165, 1.54) is 6.08 Å². The van der Waals surface area contributed by atoms with Crippen LogP contribution < -0.4 is 0 Å². The molecule has 15 heavy (non-hydrogen) atoms. The number of aliphatic hydroxyl groups is 1. The molecule has 4 heteroatoms. The minimum atomic E-state index is -0.594. The number of unbranched alkanes of at least 4 members (excludes halogenated alkanes) is 1. The van der Waals surface area contributed by atoms with Gasteiger partial charge in [0.15, 0.2) is 5.76 Å². The highest BCUT2D eigenvalue weighted by Crippen LogP contribution is 2.03. The normalized spacial score (nSPS) is 13.5. The molecule has 0 heterocycles. The highest BCUT2D eigenvalue weighted by atomic mass is 16.6. The Bertz CT molecular complexity index is 209. The van der Waals surface area contributed by atoms with Gasteiger partial charge in [0, 0.05) is 0 Å². The minimum Gasteiger partial charge on any atom is -0.484 e. The summed E-state index contributed by atoms with van der Waals surface area (Å²) < 4.78 is 10.0. The number of carbonyl (C=O) groups excluding carboxylic acids is 1. The van der Waals surface area contributed by atoms with E-state index in [9.17, 15) is 4.79 Å². The lowest BCUT2D eigenvalue weighted by Crippen LogP contribution is -2.16. The molecule has 1 N–H and O–H groups in total. The minimum absolute atomic E-state index is 0.0998. The van der Waals surface area contributed by atoms with Gasteiger partial charge in [-0.1, -0.05) is 13.3 Å². The maximum atomic E-state index is 11.4. The molecule has 4 nitrogen and oxygen atoms in total. The molecule has 1 unspecified atom stereocenters.